The molecule has 0 aliphatic rings. The SMILES string of the molecule is CCC(CC)C(O)CNS(=O)(=O)c1cccc(N)c1C. The summed E-state index contributed by atoms with van der Waals surface area (Å²) >= 11 is 0. The average molecular weight is 300 g/mol. The van der Waals surface area contributed by atoms with E-state index in [1.165, 1.54) is 6.07 Å². The summed E-state index contributed by atoms with van der Waals surface area (Å²) < 4.78 is 26.9. The number of anilines is 1. The first-order valence-electron chi connectivity index (χ1n) is 6.86. The summed E-state index contributed by atoms with van der Waals surface area (Å²) in [4.78, 5) is 0.161. The Kier molecular flexibility index (Phi) is 5.98. The Morgan fingerprint density at radius 2 is 1.90 bits per heavy atom. The van der Waals surface area contributed by atoms with Gasteiger partial charge in [0.1, 0.15) is 0 Å². The summed E-state index contributed by atoms with van der Waals surface area (Å²) in [7, 11) is -3.65. The molecule has 0 aliphatic heterocycles. The van der Waals surface area contributed by atoms with Crippen LogP contribution in [0.2, 0.25) is 0 Å². The highest BCUT2D eigenvalue weighted by atomic mass is 32.2. The normalized spacial score (nSPS) is 13.7. The molecular weight excluding hydrogens is 276 g/mol. The van der Waals surface area contributed by atoms with E-state index in [0.717, 1.165) is 12.8 Å². The van der Waals surface area contributed by atoms with E-state index in [9.17, 15) is 13.5 Å². The fraction of sp³-hybridized carbons (Fsp3) is 0.571. The van der Waals surface area contributed by atoms with Crippen LogP contribution in [0.15, 0.2) is 23.1 Å². The fourth-order valence-electron chi connectivity index (χ4n) is 2.19. The number of benzene rings is 1. The van der Waals surface area contributed by atoms with Gasteiger partial charge in [0.05, 0.1) is 11.0 Å². The van der Waals surface area contributed by atoms with Gasteiger partial charge in [-0.3, -0.25) is 0 Å². The number of aliphatic hydroxyl groups excluding tert-OH is 1. The van der Waals surface area contributed by atoms with Crippen molar-refractivity contribution in [1.82, 2.24) is 4.72 Å². The van der Waals surface area contributed by atoms with Gasteiger partial charge in [-0.05, 0) is 30.5 Å². The highest BCUT2D eigenvalue weighted by Crippen LogP contribution is 2.20. The van der Waals surface area contributed by atoms with Crippen LogP contribution in [0.25, 0.3) is 0 Å². The van der Waals surface area contributed by atoms with Crippen LogP contribution in [0.1, 0.15) is 32.3 Å². The highest BCUT2D eigenvalue weighted by Gasteiger charge is 2.21. The van der Waals surface area contributed by atoms with Crippen molar-refractivity contribution in [3.05, 3.63) is 23.8 Å². The lowest BCUT2D eigenvalue weighted by Crippen LogP contribution is -2.36. The van der Waals surface area contributed by atoms with Gasteiger partial charge in [-0.1, -0.05) is 32.8 Å². The fourth-order valence-corrected chi connectivity index (χ4v) is 3.52. The van der Waals surface area contributed by atoms with Crippen molar-refractivity contribution in [3.63, 3.8) is 0 Å². The predicted octanol–water partition coefficient (Wildman–Crippen LogP) is 1.65. The van der Waals surface area contributed by atoms with Crippen molar-refractivity contribution >= 4 is 15.7 Å². The van der Waals surface area contributed by atoms with Crippen molar-refractivity contribution in [1.29, 1.82) is 0 Å². The standard InChI is InChI=1S/C14H24N2O3S/c1-4-11(5-2)13(17)9-16-20(18,19)14-8-6-7-12(15)10(14)3/h6-8,11,13,16-17H,4-5,9,15H2,1-3H3. The predicted molar refractivity (Wildman–Crippen MR) is 80.9 cm³/mol. The number of nitrogens with two attached hydrogens (primary N) is 1. The molecule has 1 aromatic carbocycles. The molecule has 0 saturated heterocycles. The van der Waals surface area contributed by atoms with Crippen molar-refractivity contribution in [3.8, 4) is 0 Å². The Morgan fingerprint density at radius 1 is 1.30 bits per heavy atom. The minimum atomic E-state index is -3.65. The molecule has 1 aromatic rings. The second kappa shape index (κ2) is 7.06. The van der Waals surface area contributed by atoms with E-state index in [-0.39, 0.29) is 17.4 Å². The molecular formula is C14H24N2O3S. The third-order valence-corrected chi connectivity index (χ3v) is 5.26. The zero-order valence-electron chi connectivity index (χ0n) is 12.3. The Labute approximate surface area is 121 Å². The molecule has 1 atom stereocenters. The molecule has 6 heteroatoms. The van der Waals surface area contributed by atoms with Crippen LogP contribution in [0.5, 0.6) is 0 Å². The van der Waals surface area contributed by atoms with Crippen LogP contribution in [0, 0.1) is 12.8 Å². The molecule has 0 heterocycles. The molecule has 20 heavy (non-hydrogen) atoms. The van der Waals surface area contributed by atoms with E-state index < -0.39 is 16.1 Å². The molecule has 0 aromatic heterocycles. The zero-order valence-corrected chi connectivity index (χ0v) is 13.1. The van der Waals surface area contributed by atoms with Gasteiger partial charge in [0.15, 0.2) is 0 Å². The number of aliphatic hydroxyl groups is 1. The van der Waals surface area contributed by atoms with E-state index in [2.05, 4.69) is 4.72 Å². The minimum Gasteiger partial charge on any atom is -0.398 e. The molecule has 1 unspecified atom stereocenters. The summed E-state index contributed by atoms with van der Waals surface area (Å²) in [5, 5.41) is 9.99. The smallest absolute Gasteiger partial charge is 0.240 e. The largest absolute Gasteiger partial charge is 0.398 e. The molecule has 4 N–H and O–H groups in total. The summed E-state index contributed by atoms with van der Waals surface area (Å²) in [6, 6.07) is 4.78. The number of nitrogens with one attached hydrogen (secondary N) is 1. The first-order valence-corrected chi connectivity index (χ1v) is 8.34. The lowest BCUT2D eigenvalue weighted by Gasteiger charge is -2.20. The van der Waals surface area contributed by atoms with Gasteiger partial charge in [0, 0.05) is 12.2 Å². The monoisotopic (exact) mass is 300 g/mol. The second-order valence-electron chi connectivity index (χ2n) is 4.97. The Balaban J connectivity index is 2.83. The van der Waals surface area contributed by atoms with Gasteiger partial charge >= 0.3 is 0 Å². The number of rotatable bonds is 7. The van der Waals surface area contributed by atoms with E-state index in [1.54, 1.807) is 19.1 Å². The molecule has 0 amide bonds. The molecule has 0 radical (unpaired) electrons. The Bertz CT molecular complexity index is 539. The average Bonchev–Trinajstić information content (AvgIpc) is 2.41. The van der Waals surface area contributed by atoms with Crippen LogP contribution in [0.3, 0.4) is 0 Å². The van der Waals surface area contributed by atoms with Gasteiger partial charge < -0.3 is 10.8 Å². The lowest BCUT2D eigenvalue weighted by molar-refractivity contribution is 0.107. The van der Waals surface area contributed by atoms with Crippen LogP contribution < -0.4 is 10.5 Å². The van der Waals surface area contributed by atoms with Crippen molar-refractivity contribution in [2.45, 2.75) is 44.6 Å². The third-order valence-electron chi connectivity index (χ3n) is 3.69. The first-order chi connectivity index (χ1) is 9.33. The van der Waals surface area contributed by atoms with Crippen molar-refractivity contribution in [2.24, 2.45) is 5.92 Å². The zero-order chi connectivity index (χ0) is 15.3. The maximum atomic E-state index is 12.2. The molecule has 0 fully saturated rings. The molecule has 114 valence electrons. The van der Waals surface area contributed by atoms with Gasteiger partial charge in [-0.2, -0.15) is 0 Å². The summed E-state index contributed by atoms with van der Waals surface area (Å²) in [5.74, 6) is 0.0969. The quantitative estimate of drug-likeness (QED) is 0.668. The minimum absolute atomic E-state index is 0.0168. The number of sulfonamides is 1. The van der Waals surface area contributed by atoms with E-state index >= 15 is 0 Å². The molecule has 0 bridgehead atoms. The molecule has 0 aliphatic carbocycles. The number of hydrogen-bond acceptors (Lipinski definition) is 4. The van der Waals surface area contributed by atoms with Gasteiger partial charge in [0.2, 0.25) is 10.0 Å². The van der Waals surface area contributed by atoms with Crippen LogP contribution in [-0.4, -0.2) is 26.2 Å². The van der Waals surface area contributed by atoms with Crippen molar-refractivity contribution in [2.75, 3.05) is 12.3 Å². The second-order valence-corrected chi connectivity index (χ2v) is 6.70. The van der Waals surface area contributed by atoms with Gasteiger partial charge in [-0.25, -0.2) is 13.1 Å². The summed E-state index contributed by atoms with van der Waals surface area (Å²) in [6.07, 6.45) is 0.953. The number of hydrogen-bond donors (Lipinski definition) is 3. The first kappa shape index (κ1) is 16.9. The third kappa shape index (κ3) is 3.94. The van der Waals surface area contributed by atoms with Crippen LogP contribution in [-0.2, 0) is 10.0 Å². The van der Waals surface area contributed by atoms with Crippen LogP contribution >= 0.6 is 0 Å². The Hall–Kier alpha value is -1.11. The molecule has 0 saturated carbocycles. The lowest BCUT2D eigenvalue weighted by atomic mass is 9.97. The van der Waals surface area contributed by atoms with Gasteiger partial charge in [-0.15, -0.1) is 0 Å². The molecule has 1 rings (SSSR count). The summed E-state index contributed by atoms with van der Waals surface area (Å²) in [6.45, 7) is 5.64. The molecule has 5 nitrogen and oxygen atoms in total. The van der Waals surface area contributed by atoms with E-state index in [1.807, 2.05) is 13.8 Å². The maximum absolute atomic E-state index is 12.2. The highest BCUT2D eigenvalue weighted by molar-refractivity contribution is 7.89. The van der Waals surface area contributed by atoms with Crippen molar-refractivity contribution < 1.29 is 13.5 Å². The van der Waals surface area contributed by atoms with E-state index in [0.29, 0.717) is 11.3 Å². The summed E-state index contributed by atoms with van der Waals surface area (Å²) in [5.41, 5.74) is 6.69. The van der Waals surface area contributed by atoms with Crippen LogP contribution in [0.4, 0.5) is 5.69 Å². The topological polar surface area (TPSA) is 92.4 Å². The maximum Gasteiger partial charge on any atom is 0.240 e. The van der Waals surface area contributed by atoms with Gasteiger partial charge in [0.25, 0.3) is 0 Å². The number of nitrogen functional groups attached to an aromatic ring is 1. The Morgan fingerprint density at radius 3 is 2.45 bits per heavy atom. The molecule has 0 spiro atoms. The van der Waals surface area contributed by atoms with E-state index in [4.69, 9.17) is 5.73 Å².